The second-order valence-corrected chi connectivity index (χ2v) is 6.86. The molecule has 0 bridgehead atoms. The number of hydrogen-bond donors (Lipinski definition) is 0. The van der Waals surface area contributed by atoms with Crippen LogP contribution in [0.1, 0.15) is 39.2 Å². The van der Waals surface area contributed by atoms with E-state index in [2.05, 4.69) is 4.99 Å². The Balaban J connectivity index is 1.89. The van der Waals surface area contributed by atoms with Crippen LogP contribution in [0, 0.1) is 6.92 Å². The monoisotopic (exact) mass is 311 g/mol. The van der Waals surface area contributed by atoms with E-state index in [4.69, 9.17) is 13.7 Å². The molecule has 4 nitrogen and oxygen atoms in total. The Bertz CT molecular complexity index is 703. The summed E-state index contributed by atoms with van der Waals surface area (Å²) >= 11 is 0. The molecule has 0 amide bonds. The zero-order valence-electron chi connectivity index (χ0n) is 14.3. The molecule has 0 saturated carbocycles. The van der Waals surface area contributed by atoms with Crippen molar-refractivity contribution in [1.29, 1.82) is 0 Å². The van der Waals surface area contributed by atoms with E-state index < -0.39 is 7.12 Å². The molecule has 1 aliphatic heterocycles. The average Bonchev–Trinajstić information content (AvgIpc) is 2.95. The van der Waals surface area contributed by atoms with Gasteiger partial charge < -0.3 is 13.7 Å². The lowest BCUT2D eigenvalue weighted by Gasteiger charge is -2.32. The highest BCUT2D eigenvalue weighted by atomic mass is 16.7. The maximum Gasteiger partial charge on any atom is 0.498 e. The van der Waals surface area contributed by atoms with Crippen molar-refractivity contribution in [3.63, 3.8) is 0 Å². The normalized spacial score (nSPS) is 19.6. The van der Waals surface area contributed by atoms with Gasteiger partial charge in [0.15, 0.2) is 0 Å². The van der Waals surface area contributed by atoms with Crippen LogP contribution >= 0.6 is 0 Å². The van der Waals surface area contributed by atoms with Gasteiger partial charge >= 0.3 is 7.12 Å². The summed E-state index contributed by atoms with van der Waals surface area (Å²) in [5.74, 6) is 1.48. The first-order valence-corrected chi connectivity index (χ1v) is 7.84. The van der Waals surface area contributed by atoms with Gasteiger partial charge in [-0.1, -0.05) is 18.2 Å². The molecule has 2 aromatic rings. The second-order valence-electron chi connectivity index (χ2n) is 6.86. The Hall–Kier alpha value is -1.85. The van der Waals surface area contributed by atoms with Crippen LogP contribution in [0.15, 0.2) is 45.8 Å². The van der Waals surface area contributed by atoms with Gasteiger partial charge in [-0.3, -0.25) is 4.99 Å². The third-order valence-electron chi connectivity index (χ3n) is 4.51. The summed E-state index contributed by atoms with van der Waals surface area (Å²) in [4.78, 5) is 4.46. The topological polar surface area (TPSA) is 44.0 Å². The van der Waals surface area contributed by atoms with E-state index in [-0.39, 0.29) is 11.2 Å². The maximum atomic E-state index is 6.11. The lowest BCUT2D eigenvalue weighted by molar-refractivity contribution is 0.00578. The fraction of sp³-hybridized carbons (Fsp3) is 0.389. The van der Waals surface area contributed by atoms with Crippen LogP contribution in [0.3, 0.4) is 0 Å². The molecular weight excluding hydrogens is 289 g/mol. The summed E-state index contributed by atoms with van der Waals surface area (Å²) in [6.45, 7) is 10.1. The van der Waals surface area contributed by atoms with Crippen LogP contribution in [0.25, 0.3) is 0 Å². The summed E-state index contributed by atoms with van der Waals surface area (Å²) in [6.07, 6.45) is 1.72. The molecule has 23 heavy (non-hydrogen) atoms. The van der Waals surface area contributed by atoms with Crippen molar-refractivity contribution in [2.24, 2.45) is 4.99 Å². The molecule has 3 rings (SSSR count). The molecule has 0 aliphatic carbocycles. The van der Waals surface area contributed by atoms with Crippen molar-refractivity contribution in [2.45, 2.75) is 45.8 Å². The van der Waals surface area contributed by atoms with Crippen LogP contribution in [0.4, 0.5) is 5.69 Å². The van der Waals surface area contributed by atoms with Gasteiger partial charge in [0.25, 0.3) is 0 Å². The predicted molar refractivity (Wildman–Crippen MR) is 92.9 cm³/mol. The predicted octanol–water partition coefficient (Wildman–Crippen LogP) is 3.64. The van der Waals surface area contributed by atoms with E-state index in [9.17, 15) is 0 Å². The fourth-order valence-corrected chi connectivity index (χ4v) is 2.45. The number of rotatable bonds is 3. The molecule has 1 saturated heterocycles. The second kappa shape index (κ2) is 5.66. The van der Waals surface area contributed by atoms with Crippen LogP contribution in [-0.4, -0.2) is 24.5 Å². The summed E-state index contributed by atoms with van der Waals surface area (Å²) in [7, 11) is -0.449. The summed E-state index contributed by atoms with van der Waals surface area (Å²) in [6, 6.07) is 11.7. The molecule has 1 aliphatic rings. The van der Waals surface area contributed by atoms with E-state index in [1.54, 1.807) is 6.21 Å². The van der Waals surface area contributed by atoms with Gasteiger partial charge in [0, 0.05) is 5.46 Å². The minimum Gasteiger partial charge on any atom is -0.461 e. The molecule has 0 spiro atoms. The third kappa shape index (κ3) is 3.12. The smallest absolute Gasteiger partial charge is 0.461 e. The Morgan fingerprint density at radius 1 is 1.00 bits per heavy atom. The van der Waals surface area contributed by atoms with E-state index in [1.165, 1.54) is 0 Å². The lowest BCUT2D eigenvalue weighted by atomic mass is 9.79. The minimum atomic E-state index is -0.449. The zero-order chi connectivity index (χ0) is 16.7. The maximum absolute atomic E-state index is 6.11. The van der Waals surface area contributed by atoms with Gasteiger partial charge in [-0.15, -0.1) is 0 Å². The van der Waals surface area contributed by atoms with Crippen LogP contribution in [0.2, 0.25) is 0 Å². The molecule has 1 fully saturated rings. The van der Waals surface area contributed by atoms with Crippen molar-refractivity contribution in [3.05, 3.63) is 47.9 Å². The number of hydrogen-bond acceptors (Lipinski definition) is 4. The molecule has 0 unspecified atom stereocenters. The van der Waals surface area contributed by atoms with Crippen molar-refractivity contribution in [1.82, 2.24) is 0 Å². The van der Waals surface area contributed by atoms with Crippen LogP contribution in [0.5, 0.6) is 0 Å². The lowest BCUT2D eigenvalue weighted by Crippen LogP contribution is -2.41. The standard InChI is InChI=1S/C18H22BNO3/c1-13-11-15(19-22-17(2,3)18(4,5)23-19)16(21-13)12-20-14-9-7-6-8-10-14/h6-12H,1-5H3. The van der Waals surface area contributed by atoms with E-state index >= 15 is 0 Å². The highest BCUT2D eigenvalue weighted by molar-refractivity contribution is 6.63. The van der Waals surface area contributed by atoms with Crippen molar-refractivity contribution in [2.75, 3.05) is 0 Å². The largest absolute Gasteiger partial charge is 0.498 e. The Morgan fingerprint density at radius 2 is 1.61 bits per heavy atom. The van der Waals surface area contributed by atoms with E-state index in [0.29, 0.717) is 5.76 Å². The molecule has 5 heteroatoms. The Morgan fingerprint density at radius 3 is 2.22 bits per heavy atom. The van der Waals surface area contributed by atoms with Crippen molar-refractivity contribution < 1.29 is 13.7 Å². The SMILES string of the molecule is Cc1cc(B2OC(C)(C)C(C)(C)O2)c(C=Nc2ccccc2)o1. The number of para-hydroxylation sites is 1. The molecule has 0 radical (unpaired) electrons. The highest BCUT2D eigenvalue weighted by Crippen LogP contribution is 2.36. The first-order valence-electron chi connectivity index (χ1n) is 7.84. The fourth-order valence-electron chi connectivity index (χ4n) is 2.45. The number of furan rings is 1. The highest BCUT2D eigenvalue weighted by Gasteiger charge is 2.52. The number of benzene rings is 1. The number of aryl methyl sites for hydroxylation is 1. The molecule has 0 N–H and O–H groups in total. The molecule has 120 valence electrons. The Labute approximate surface area is 137 Å². The average molecular weight is 311 g/mol. The zero-order valence-corrected chi connectivity index (χ0v) is 14.3. The van der Waals surface area contributed by atoms with Crippen LogP contribution < -0.4 is 5.46 Å². The summed E-state index contributed by atoms with van der Waals surface area (Å²) in [5.41, 5.74) is 0.996. The Kier molecular flexibility index (Phi) is 3.94. The van der Waals surface area contributed by atoms with E-state index in [0.717, 1.165) is 16.9 Å². The van der Waals surface area contributed by atoms with Gasteiger partial charge in [-0.25, -0.2) is 0 Å². The number of aliphatic imine (C=N–C) groups is 1. The summed E-state index contributed by atoms with van der Waals surface area (Å²) < 4.78 is 18.0. The molecule has 2 heterocycles. The van der Waals surface area contributed by atoms with E-state index in [1.807, 2.05) is 71.0 Å². The first kappa shape index (κ1) is 16.0. The third-order valence-corrected chi connectivity index (χ3v) is 4.51. The molecular formula is C18H22BNO3. The van der Waals surface area contributed by atoms with Crippen molar-refractivity contribution >= 4 is 24.5 Å². The van der Waals surface area contributed by atoms with Gasteiger partial charge in [0.2, 0.25) is 0 Å². The van der Waals surface area contributed by atoms with Gasteiger partial charge in [-0.2, -0.15) is 0 Å². The first-order chi connectivity index (χ1) is 10.8. The van der Waals surface area contributed by atoms with Crippen molar-refractivity contribution in [3.8, 4) is 0 Å². The molecule has 0 atom stereocenters. The number of nitrogens with zero attached hydrogens (tertiary/aromatic N) is 1. The molecule has 1 aromatic heterocycles. The van der Waals surface area contributed by atoms with Gasteiger partial charge in [-0.05, 0) is 52.8 Å². The quantitative estimate of drug-likeness (QED) is 0.642. The van der Waals surface area contributed by atoms with Crippen LogP contribution in [-0.2, 0) is 9.31 Å². The van der Waals surface area contributed by atoms with Gasteiger partial charge in [0.05, 0.1) is 23.1 Å². The summed E-state index contributed by atoms with van der Waals surface area (Å²) in [5, 5.41) is 0. The van der Waals surface area contributed by atoms with Gasteiger partial charge in [0.1, 0.15) is 11.5 Å². The molecule has 1 aromatic carbocycles. The minimum absolute atomic E-state index is 0.378.